The van der Waals surface area contributed by atoms with E-state index in [2.05, 4.69) is 10.6 Å². The monoisotopic (exact) mass is 342 g/mol. The number of fused-ring (bicyclic) bond motifs is 1. The number of carbonyl (C=O) groups excluding carboxylic acids is 1. The highest BCUT2D eigenvalue weighted by atomic mass is 35.5. The lowest BCUT2D eigenvalue weighted by molar-refractivity contribution is -0.122. The first-order valence-electron chi connectivity index (χ1n) is 8.00. The average molecular weight is 343 g/mol. The van der Waals surface area contributed by atoms with Crippen LogP contribution in [0.4, 0.5) is 0 Å². The maximum atomic E-state index is 12.2. The van der Waals surface area contributed by atoms with Crippen molar-refractivity contribution >= 4 is 29.9 Å². The molecule has 3 atom stereocenters. The molecule has 0 aromatic heterocycles. The molecule has 0 spiro atoms. The van der Waals surface area contributed by atoms with E-state index in [4.69, 9.17) is 11.6 Å². The second-order valence-corrected chi connectivity index (χ2v) is 6.71. The molecule has 0 radical (unpaired) electrons. The standard InChI is InChI=1S/C17H23ClN2O.ClH/c18-14-7-5-12(6-8-14)9-10-19-17(21)16-11-13-3-1-2-4-15(13)20-16;/h5-8,13,15-16,20H,1-4,9-11H2,(H,19,21);1H. The van der Waals surface area contributed by atoms with Crippen LogP contribution in [0.15, 0.2) is 24.3 Å². The van der Waals surface area contributed by atoms with E-state index in [0.29, 0.717) is 18.5 Å². The fourth-order valence-electron chi connectivity index (χ4n) is 3.63. The number of benzene rings is 1. The average Bonchev–Trinajstić information content (AvgIpc) is 2.93. The summed E-state index contributed by atoms with van der Waals surface area (Å²) in [4.78, 5) is 12.2. The largest absolute Gasteiger partial charge is 0.354 e. The third-order valence-electron chi connectivity index (χ3n) is 4.81. The summed E-state index contributed by atoms with van der Waals surface area (Å²) in [7, 11) is 0. The van der Waals surface area contributed by atoms with Crippen LogP contribution >= 0.6 is 24.0 Å². The molecule has 2 N–H and O–H groups in total. The lowest BCUT2D eigenvalue weighted by Crippen LogP contribution is -2.43. The van der Waals surface area contributed by atoms with Crippen molar-refractivity contribution in [2.75, 3.05) is 6.54 Å². The van der Waals surface area contributed by atoms with Gasteiger partial charge in [0.15, 0.2) is 0 Å². The molecule has 1 saturated carbocycles. The van der Waals surface area contributed by atoms with Crippen LogP contribution in [0.1, 0.15) is 37.7 Å². The van der Waals surface area contributed by atoms with Crippen molar-refractivity contribution in [1.29, 1.82) is 0 Å². The molecule has 122 valence electrons. The molecule has 3 nitrogen and oxygen atoms in total. The van der Waals surface area contributed by atoms with Crippen LogP contribution in [0, 0.1) is 5.92 Å². The first-order chi connectivity index (χ1) is 10.2. The molecular formula is C17H24Cl2N2O. The maximum absolute atomic E-state index is 12.2. The molecule has 2 aliphatic rings. The van der Waals surface area contributed by atoms with Crippen LogP contribution < -0.4 is 10.6 Å². The molecule has 1 aliphatic carbocycles. The van der Waals surface area contributed by atoms with E-state index in [0.717, 1.165) is 17.9 Å². The third kappa shape index (κ3) is 4.37. The molecule has 1 heterocycles. The molecule has 1 aliphatic heterocycles. The Hall–Kier alpha value is -0.770. The molecule has 3 unspecified atom stereocenters. The summed E-state index contributed by atoms with van der Waals surface area (Å²) in [6.07, 6.45) is 7.01. The Morgan fingerprint density at radius 2 is 1.95 bits per heavy atom. The Balaban J connectivity index is 0.00000176. The summed E-state index contributed by atoms with van der Waals surface area (Å²) in [5.74, 6) is 0.879. The van der Waals surface area contributed by atoms with Crippen LogP contribution in [0.3, 0.4) is 0 Å². The van der Waals surface area contributed by atoms with Crippen molar-refractivity contribution in [2.45, 2.75) is 50.6 Å². The first-order valence-corrected chi connectivity index (χ1v) is 8.38. The molecule has 1 aromatic rings. The van der Waals surface area contributed by atoms with Gasteiger partial charge in [0.2, 0.25) is 5.91 Å². The van der Waals surface area contributed by atoms with Gasteiger partial charge in [0, 0.05) is 17.6 Å². The summed E-state index contributed by atoms with van der Waals surface area (Å²) < 4.78 is 0. The van der Waals surface area contributed by atoms with Crippen molar-refractivity contribution in [3.05, 3.63) is 34.9 Å². The minimum atomic E-state index is 0. The van der Waals surface area contributed by atoms with Gasteiger partial charge in [-0.15, -0.1) is 12.4 Å². The lowest BCUT2D eigenvalue weighted by Gasteiger charge is -2.24. The second-order valence-electron chi connectivity index (χ2n) is 6.27. The number of carbonyl (C=O) groups is 1. The molecule has 1 amide bonds. The lowest BCUT2D eigenvalue weighted by atomic mass is 9.85. The van der Waals surface area contributed by atoms with Gasteiger partial charge in [-0.3, -0.25) is 4.79 Å². The highest BCUT2D eigenvalue weighted by molar-refractivity contribution is 6.30. The molecule has 5 heteroatoms. The van der Waals surface area contributed by atoms with Gasteiger partial charge in [0.1, 0.15) is 0 Å². The molecule has 22 heavy (non-hydrogen) atoms. The zero-order valence-corrected chi connectivity index (χ0v) is 14.3. The topological polar surface area (TPSA) is 41.1 Å². The van der Waals surface area contributed by atoms with Crippen molar-refractivity contribution in [3.63, 3.8) is 0 Å². The van der Waals surface area contributed by atoms with Gasteiger partial charge in [-0.05, 0) is 49.3 Å². The number of hydrogen-bond acceptors (Lipinski definition) is 2. The van der Waals surface area contributed by atoms with Gasteiger partial charge in [0.05, 0.1) is 6.04 Å². The van der Waals surface area contributed by atoms with E-state index >= 15 is 0 Å². The van der Waals surface area contributed by atoms with E-state index in [9.17, 15) is 4.79 Å². The molecule has 3 rings (SSSR count). The van der Waals surface area contributed by atoms with Crippen LogP contribution in [0.2, 0.25) is 5.02 Å². The van der Waals surface area contributed by atoms with E-state index < -0.39 is 0 Å². The molecule has 2 fully saturated rings. The quantitative estimate of drug-likeness (QED) is 0.880. The fourth-order valence-corrected chi connectivity index (χ4v) is 3.75. The highest BCUT2D eigenvalue weighted by Gasteiger charge is 2.37. The summed E-state index contributed by atoms with van der Waals surface area (Å²) in [5.41, 5.74) is 1.20. The van der Waals surface area contributed by atoms with E-state index in [1.54, 1.807) is 0 Å². The highest BCUT2D eigenvalue weighted by Crippen LogP contribution is 2.33. The smallest absolute Gasteiger partial charge is 0.237 e. The van der Waals surface area contributed by atoms with Crippen LogP contribution in [0.25, 0.3) is 0 Å². The summed E-state index contributed by atoms with van der Waals surface area (Å²) in [6, 6.07) is 8.39. The Bertz CT molecular complexity index is 478. The normalized spacial score (nSPS) is 26.9. The fraction of sp³-hybridized carbons (Fsp3) is 0.588. The predicted molar refractivity (Wildman–Crippen MR) is 92.7 cm³/mol. The van der Waals surface area contributed by atoms with E-state index in [1.807, 2.05) is 24.3 Å². The zero-order chi connectivity index (χ0) is 14.7. The minimum Gasteiger partial charge on any atom is -0.354 e. The second kappa shape index (κ2) is 8.19. The minimum absolute atomic E-state index is 0. The molecule has 1 aromatic carbocycles. The summed E-state index contributed by atoms with van der Waals surface area (Å²) in [6.45, 7) is 0.688. The van der Waals surface area contributed by atoms with Gasteiger partial charge in [-0.25, -0.2) is 0 Å². The van der Waals surface area contributed by atoms with Gasteiger partial charge in [0.25, 0.3) is 0 Å². The first kappa shape index (κ1) is 17.6. The third-order valence-corrected chi connectivity index (χ3v) is 5.06. The number of amides is 1. The molecule has 0 bridgehead atoms. The number of rotatable bonds is 4. The van der Waals surface area contributed by atoms with Crippen LogP contribution in [-0.2, 0) is 11.2 Å². The van der Waals surface area contributed by atoms with Crippen LogP contribution in [0.5, 0.6) is 0 Å². The van der Waals surface area contributed by atoms with E-state index in [1.165, 1.54) is 31.2 Å². The Morgan fingerprint density at radius 1 is 1.23 bits per heavy atom. The van der Waals surface area contributed by atoms with E-state index in [-0.39, 0.29) is 24.4 Å². The van der Waals surface area contributed by atoms with Gasteiger partial charge < -0.3 is 10.6 Å². The Kier molecular flexibility index (Phi) is 6.54. The molecule has 1 saturated heterocycles. The predicted octanol–water partition coefficient (Wildman–Crippen LogP) is 3.34. The molecular weight excluding hydrogens is 319 g/mol. The van der Waals surface area contributed by atoms with Crippen molar-refractivity contribution in [2.24, 2.45) is 5.92 Å². The zero-order valence-electron chi connectivity index (χ0n) is 12.7. The van der Waals surface area contributed by atoms with Gasteiger partial charge in [-0.1, -0.05) is 36.6 Å². The number of halogens is 2. The Labute approximate surface area is 143 Å². The van der Waals surface area contributed by atoms with Crippen molar-refractivity contribution in [1.82, 2.24) is 10.6 Å². The number of hydrogen-bond donors (Lipinski definition) is 2. The van der Waals surface area contributed by atoms with Crippen molar-refractivity contribution in [3.8, 4) is 0 Å². The summed E-state index contributed by atoms with van der Waals surface area (Å²) >= 11 is 5.86. The van der Waals surface area contributed by atoms with Gasteiger partial charge >= 0.3 is 0 Å². The van der Waals surface area contributed by atoms with Crippen LogP contribution in [-0.4, -0.2) is 24.5 Å². The Morgan fingerprint density at radius 3 is 2.68 bits per heavy atom. The number of nitrogens with one attached hydrogen (secondary N) is 2. The summed E-state index contributed by atoms with van der Waals surface area (Å²) in [5, 5.41) is 7.33. The van der Waals surface area contributed by atoms with Gasteiger partial charge in [-0.2, -0.15) is 0 Å². The van der Waals surface area contributed by atoms with Crippen molar-refractivity contribution < 1.29 is 4.79 Å². The maximum Gasteiger partial charge on any atom is 0.237 e. The SMILES string of the molecule is Cl.O=C(NCCc1ccc(Cl)cc1)C1CC2CCCCC2N1.